The number of urea groups is 1. The highest BCUT2D eigenvalue weighted by Crippen LogP contribution is 2.50. The van der Waals surface area contributed by atoms with Crippen LogP contribution in [0.5, 0.6) is 0 Å². The Morgan fingerprint density at radius 1 is 1.06 bits per heavy atom. The molecule has 3 aliphatic rings. The number of carbonyl (C=O) groups excluding carboxylic acids is 8. The summed E-state index contributed by atoms with van der Waals surface area (Å²) >= 11 is 10.00. The molecule has 2 aromatic carbocycles. The first kappa shape index (κ1) is 68.7. The number of nitrogens with zero attached hydrogens (tertiary/aromatic N) is 1. The Balaban J connectivity index is 1.34. The zero-order valence-corrected chi connectivity index (χ0v) is 51.9. The van der Waals surface area contributed by atoms with E-state index in [0.29, 0.717) is 54.1 Å². The number of alkyl halides is 1. The molecule has 0 aliphatic carbocycles. The van der Waals surface area contributed by atoms with Crippen LogP contribution in [0.1, 0.15) is 129 Å². The second-order valence-corrected chi connectivity index (χ2v) is 24.4. The number of amides is 5. The second kappa shape index (κ2) is 29.8. The first-order valence-corrected chi connectivity index (χ1v) is 29.6. The molecule has 2 aromatic rings. The lowest BCUT2D eigenvalue weighted by molar-refractivity contribution is -0.187. The monoisotopic (exact) mass is 1260 g/mol. The van der Waals surface area contributed by atoms with Gasteiger partial charge in [0.05, 0.1) is 41.4 Å². The highest BCUT2D eigenvalue weighted by molar-refractivity contribution is 9.09. The number of aliphatic hydroxyl groups is 1. The average molecular weight is 1260 g/mol. The fourth-order valence-corrected chi connectivity index (χ4v) is 11.1. The third kappa shape index (κ3) is 18.7. The Hall–Kier alpha value is -6.07. The van der Waals surface area contributed by atoms with Gasteiger partial charge in [-0.2, -0.15) is 0 Å². The number of nitrogens with two attached hydrogens (primary N) is 1. The number of hydrogen-bond acceptors (Lipinski definition) is 14. The molecule has 3 heterocycles. The van der Waals surface area contributed by atoms with Gasteiger partial charge in [0.2, 0.25) is 11.8 Å². The smallest absolute Gasteiger partial charge is 0.412 e. The summed E-state index contributed by atoms with van der Waals surface area (Å²) in [5, 5.41) is 19.9. The molecule has 0 aromatic heterocycles. The van der Waals surface area contributed by atoms with E-state index in [1.807, 2.05) is 19.1 Å². The summed E-state index contributed by atoms with van der Waals surface area (Å²) < 4.78 is 61.4. The predicted octanol–water partition coefficient (Wildman–Crippen LogP) is 9.31. The summed E-state index contributed by atoms with van der Waals surface area (Å²) in [5.41, 5.74) is 3.22. The van der Waals surface area contributed by atoms with E-state index in [4.69, 9.17) is 41.0 Å². The SMILES string of the molecule is C=C(CBr)C(=O)OC(C)(C)CCCCC(=O)C[C@H](C(=O)N[C@@H](CCCNC(N)=O)C(=O)Cc1cc(F)c(NC(=O)O[C@H]2CC(=O)N(C)c3cc(cc(C)c3Cl)C/C(C)=C/C=C/[C@@H](OC)[C@]3(O)CC(=O)O[C@@H](C3)[C@@H](C)[C@@H]3O[C@@]23C)cc1F)C(C)C. The van der Waals surface area contributed by atoms with Gasteiger partial charge in [-0.05, 0) is 108 Å². The van der Waals surface area contributed by atoms with E-state index in [9.17, 15) is 43.5 Å². The molecule has 23 heteroatoms. The van der Waals surface area contributed by atoms with Crippen LogP contribution in [0.15, 0.2) is 60.2 Å². The number of fused-ring (bicyclic) bond motifs is 5. The van der Waals surface area contributed by atoms with E-state index in [1.165, 1.54) is 19.1 Å². The fraction of sp³-hybridized carbons (Fsp3) is 0.574. The van der Waals surface area contributed by atoms with Crippen LogP contribution in [0.2, 0.25) is 5.02 Å². The van der Waals surface area contributed by atoms with Gasteiger partial charge in [0.25, 0.3) is 0 Å². The number of carbonyl (C=O) groups is 8. The topological polar surface area (TPSA) is 272 Å². The van der Waals surface area contributed by atoms with Crippen molar-refractivity contribution in [2.24, 2.45) is 23.5 Å². The number of ether oxygens (including phenoxy) is 5. The van der Waals surface area contributed by atoms with Crippen molar-refractivity contribution in [3.8, 4) is 0 Å². The molecule has 2 fully saturated rings. The Kier molecular flexibility index (Phi) is 24.4. The minimum atomic E-state index is -1.69. The van der Waals surface area contributed by atoms with E-state index in [2.05, 4.69) is 38.5 Å². The Labute approximate surface area is 503 Å². The molecule has 9 atom stereocenters. The summed E-state index contributed by atoms with van der Waals surface area (Å²) in [7, 11) is 2.93. The van der Waals surface area contributed by atoms with Gasteiger partial charge < -0.3 is 50.1 Å². The number of Topliss-reactive ketones (excluding diaryl/α,β-unsaturated/α-hetero) is 2. The maximum atomic E-state index is 16.1. The molecule has 3 aliphatic heterocycles. The number of anilines is 2. The zero-order chi connectivity index (χ0) is 62.6. The van der Waals surface area contributed by atoms with Crippen LogP contribution in [0, 0.1) is 36.3 Å². The molecule has 6 N–H and O–H groups in total. The number of methoxy groups -OCH3 is 1. The van der Waals surface area contributed by atoms with Crippen LogP contribution in [-0.4, -0.2) is 126 Å². The van der Waals surface area contributed by atoms with E-state index in [0.717, 1.165) is 11.1 Å². The second-order valence-electron chi connectivity index (χ2n) is 23.5. The van der Waals surface area contributed by atoms with Crippen molar-refractivity contribution in [2.75, 3.05) is 36.2 Å². The number of allylic oxidation sites excluding steroid dienone is 3. The van der Waals surface area contributed by atoms with Gasteiger partial charge in [-0.1, -0.05) is 84.7 Å². The molecule has 0 unspecified atom stereocenters. The first-order valence-electron chi connectivity index (χ1n) is 28.1. The van der Waals surface area contributed by atoms with E-state index in [-0.39, 0.29) is 67.7 Å². The number of rotatable bonds is 23. The van der Waals surface area contributed by atoms with Crippen LogP contribution in [-0.2, 0) is 65.3 Å². The third-order valence-corrected chi connectivity index (χ3v) is 16.9. The molecule has 5 amide bonds. The molecular formula is C61H81BrClF2N5O14. The number of nitrogens with one attached hydrogen (secondary N) is 3. The Morgan fingerprint density at radius 3 is 2.42 bits per heavy atom. The highest BCUT2D eigenvalue weighted by atomic mass is 79.9. The minimum Gasteiger partial charge on any atom is -0.462 e. The number of primary amides is 1. The number of ketones is 2. The van der Waals surface area contributed by atoms with Crippen molar-refractivity contribution in [3.63, 3.8) is 0 Å². The summed E-state index contributed by atoms with van der Waals surface area (Å²) in [5.74, 6) is -7.50. The lowest BCUT2D eigenvalue weighted by Gasteiger charge is -2.41. The van der Waals surface area contributed by atoms with Crippen LogP contribution >= 0.6 is 27.5 Å². The maximum absolute atomic E-state index is 16.1. The lowest BCUT2D eigenvalue weighted by Crippen LogP contribution is -2.53. The van der Waals surface area contributed by atoms with E-state index in [1.54, 1.807) is 66.7 Å². The van der Waals surface area contributed by atoms with Crippen molar-refractivity contribution < 1.29 is 75.9 Å². The molecular weight excluding hydrogens is 1180 g/mol. The fourth-order valence-electron chi connectivity index (χ4n) is 10.7. The number of halogens is 4. The quantitative estimate of drug-likeness (QED) is 0.0173. The minimum absolute atomic E-state index is 0.0195. The molecule has 0 radical (unpaired) electrons. The third-order valence-electron chi connectivity index (χ3n) is 15.8. The van der Waals surface area contributed by atoms with Crippen LogP contribution in [0.4, 0.5) is 29.7 Å². The molecule has 462 valence electrons. The summed E-state index contributed by atoms with van der Waals surface area (Å²) in [6.07, 6.45) is 0.177. The summed E-state index contributed by atoms with van der Waals surface area (Å²) in [6, 6.07) is 2.92. The van der Waals surface area contributed by atoms with Gasteiger partial charge in [0.15, 0.2) is 5.78 Å². The molecule has 4 bridgehead atoms. The van der Waals surface area contributed by atoms with Crippen molar-refractivity contribution >= 4 is 86.3 Å². The van der Waals surface area contributed by atoms with Gasteiger partial charge in [-0.25, -0.2) is 23.2 Å². The largest absolute Gasteiger partial charge is 0.462 e. The standard InChI is InChI=1S/C61H81BrClF2N5O14/c1-33(2)41(27-40(71)17-12-13-20-59(7,8)84-56(76)36(5)32-62)55(75)68-44(18-15-21-67-57(66)77)47(72)26-39-25-43(65)45(28-42(39)64)69-58(78)82-50-29-51(73)70(10)46-24-38(23-35(4)53(46)63)22-34(3)16-14-19-49(80-11)61(79)30-48(81-52(74)31-61)37(6)54-60(50,9)83-54/h14,16,19,23-25,28,33,37,41,44,48-50,54,79H,5,12-13,15,17-18,20-22,26-27,29-32H2,1-4,6-11H3,(H,68,75)(H,69,78)(H3,66,67,77)/b19-14+,34-16+/t37-,41+,44+,48+,49-,50+,54+,60+,61-/m1/s1. The molecule has 0 saturated carbocycles. The molecule has 84 heavy (non-hydrogen) atoms. The zero-order valence-electron chi connectivity index (χ0n) is 49.6. The van der Waals surface area contributed by atoms with Crippen molar-refractivity contribution in [1.82, 2.24) is 10.6 Å². The molecule has 5 rings (SSSR count). The molecule has 2 saturated heterocycles. The number of hydrogen-bond donors (Lipinski definition) is 5. The van der Waals surface area contributed by atoms with Gasteiger partial charge in [-0.15, -0.1) is 0 Å². The normalized spacial score (nSPS) is 24.5. The van der Waals surface area contributed by atoms with Gasteiger partial charge in [-0.3, -0.25) is 29.3 Å². The predicted molar refractivity (Wildman–Crippen MR) is 315 cm³/mol. The number of aryl methyl sites for hydroxylation is 1. The maximum Gasteiger partial charge on any atom is 0.412 e. The Morgan fingerprint density at radius 2 is 1.76 bits per heavy atom. The summed E-state index contributed by atoms with van der Waals surface area (Å²) in [4.78, 5) is 108. The van der Waals surface area contributed by atoms with Crippen molar-refractivity contribution in [2.45, 2.75) is 180 Å². The first-order chi connectivity index (χ1) is 39.3. The van der Waals surface area contributed by atoms with Crippen molar-refractivity contribution in [1.29, 1.82) is 0 Å². The van der Waals surface area contributed by atoms with Crippen LogP contribution in [0.25, 0.3) is 0 Å². The Bertz CT molecular complexity index is 2880. The number of epoxide rings is 1. The van der Waals surface area contributed by atoms with E-state index >= 15 is 8.78 Å². The van der Waals surface area contributed by atoms with E-state index < -0.39 is 136 Å². The molecule has 19 nitrogen and oxygen atoms in total. The van der Waals surface area contributed by atoms with Crippen LogP contribution in [0.3, 0.4) is 0 Å². The van der Waals surface area contributed by atoms with Gasteiger partial charge in [0.1, 0.15) is 52.5 Å². The molecule has 0 spiro atoms. The highest BCUT2D eigenvalue weighted by Gasteiger charge is 2.64. The van der Waals surface area contributed by atoms with Gasteiger partial charge >= 0.3 is 24.1 Å². The number of unbranched alkanes of at least 4 members (excludes halogenated alkanes) is 1. The van der Waals surface area contributed by atoms with Crippen molar-refractivity contribution in [3.05, 3.63) is 93.6 Å². The number of benzene rings is 2. The van der Waals surface area contributed by atoms with Crippen LogP contribution < -0.4 is 26.6 Å². The van der Waals surface area contributed by atoms with Gasteiger partial charge in [0, 0.05) is 75.2 Å². The number of esters is 2. The average Bonchev–Trinajstić information content (AvgIpc) is 1.75. The summed E-state index contributed by atoms with van der Waals surface area (Å²) in [6.45, 7) is 17.7. The lowest BCUT2D eigenvalue weighted by atomic mass is 9.78.